The minimum Gasteiger partial charge on any atom is -0.493 e. The fourth-order valence-electron chi connectivity index (χ4n) is 3.60. The van der Waals surface area contributed by atoms with Crippen LogP contribution < -0.4 is 15.0 Å². The monoisotopic (exact) mass is 336 g/mol. The van der Waals surface area contributed by atoms with Crippen LogP contribution in [-0.2, 0) is 11.2 Å². The van der Waals surface area contributed by atoms with Crippen LogP contribution in [0.25, 0.3) is 0 Å². The van der Waals surface area contributed by atoms with Crippen molar-refractivity contribution in [2.75, 3.05) is 18.1 Å². The number of hydrogen-bond acceptors (Lipinski definition) is 3. The molecule has 5 heteroatoms. The molecule has 4 rings (SSSR count). The normalized spacial score (nSPS) is 18.1. The highest BCUT2D eigenvalue weighted by molar-refractivity contribution is 5.98. The van der Waals surface area contributed by atoms with Gasteiger partial charge >= 0.3 is 0 Å². The van der Waals surface area contributed by atoms with Gasteiger partial charge in [-0.3, -0.25) is 9.59 Å². The third-order valence-electron chi connectivity index (χ3n) is 4.88. The van der Waals surface area contributed by atoms with Crippen molar-refractivity contribution in [3.05, 3.63) is 59.2 Å². The van der Waals surface area contributed by atoms with Crippen molar-refractivity contribution in [2.45, 2.75) is 25.8 Å². The molecule has 0 fully saturated rings. The quantitative estimate of drug-likeness (QED) is 0.917. The van der Waals surface area contributed by atoms with Crippen molar-refractivity contribution >= 4 is 17.5 Å². The molecule has 128 valence electrons. The SMILES string of the molecule is CC(=O)N1CCc2cc(C(=O)N[C@H]3CCOc4ccccc43)ccc21. The summed E-state index contributed by atoms with van der Waals surface area (Å²) in [6, 6.07) is 13.3. The first-order valence-electron chi connectivity index (χ1n) is 8.57. The molecule has 2 aliphatic heterocycles. The van der Waals surface area contributed by atoms with Crippen molar-refractivity contribution in [3.63, 3.8) is 0 Å². The molecular weight excluding hydrogens is 316 g/mol. The number of rotatable bonds is 2. The summed E-state index contributed by atoms with van der Waals surface area (Å²) in [7, 11) is 0. The third-order valence-corrected chi connectivity index (χ3v) is 4.88. The Hall–Kier alpha value is -2.82. The van der Waals surface area contributed by atoms with Crippen LogP contribution in [0.15, 0.2) is 42.5 Å². The van der Waals surface area contributed by atoms with E-state index in [2.05, 4.69) is 5.32 Å². The molecule has 2 aromatic rings. The summed E-state index contributed by atoms with van der Waals surface area (Å²) < 4.78 is 5.65. The molecule has 0 aromatic heterocycles. The van der Waals surface area contributed by atoms with Crippen LogP contribution in [0.2, 0.25) is 0 Å². The van der Waals surface area contributed by atoms with E-state index in [1.807, 2.05) is 36.4 Å². The van der Waals surface area contributed by atoms with Gasteiger partial charge in [-0.2, -0.15) is 0 Å². The van der Waals surface area contributed by atoms with Gasteiger partial charge in [0.25, 0.3) is 5.91 Å². The van der Waals surface area contributed by atoms with E-state index in [-0.39, 0.29) is 17.9 Å². The summed E-state index contributed by atoms with van der Waals surface area (Å²) in [4.78, 5) is 26.1. The average Bonchev–Trinajstić information content (AvgIpc) is 3.05. The Labute approximate surface area is 146 Å². The summed E-state index contributed by atoms with van der Waals surface area (Å²) in [5.74, 6) is 0.783. The summed E-state index contributed by atoms with van der Waals surface area (Å²) >= 11 is 0. The van der Waals surface area contributed by atoms with E-state index in [0.29, 0.717) is 18.7 Å². The molecule has 0 unspecified atom stereocenters. The van der Waals surface area contributed by atoms with E-state index in [1.54, 1.807) is 17.9 Å². The standard InChI is InChI=1S/C20H20N2O3/c1-13(23)22-10-8-14-12-15(6-7-18(14)22)20(24)21-17-9-11-25-19-5-3-2-4-16(17)19/h2-7,12,17H,8-11H2,1H3,(H,21,24)/t17-/m0/s1. The first kappa shape index (κ1) is 15.7. The Morgan fingerprint density at radius 1 is 1.20 bits per heavy atom. The lowest BCUT2D eigenvalue weighted by atomic mass is 10.00. The van der Waals surface area contributed by atoms with Gasteiger partial charge in [-0.1, -0.05) is 18.2 Å². The van der Waals surface area contributed by atoms with E-state index in [1.165, 1.54) is 0 Å². The first-order chi connectivity index (χ1) is 12.1. The number of hydrogen-bond donors (Lipinski definition) is 1. The Morgan fingerprint density at radius 3 is 2.88 bits per heavy atom. The van der Waals surface area contributed by atoms with Gasteiger partial charge < -0.3 is 15.0 Å². The molecule has 0 radical (unpaired) electrons. The fourth-order valence-corrected chi connectivity index (χ4v) is 3.60. The molecule has 0 saturated carbocycles. The van der Waals surface area contributed by atoms with Gasteiger partial charge in [-0.25, -0.2) is 0 Å². The van der Waals surface area contributed by atoms with Crippen LogP contribution in [0.4, 0.5) is 5.69 Å². The smallest absolute Gasteiger partial charge is 0.251 e. The number of anilines is 1. The van der Waals surface area contributed by atoms with E-state index < -0.39 is 0 Å². The molecule has 2 amide bonds. The number of ether oxygens (including phenoxy) is 1. The zero-order valence-electron chi connectivity index (χ0n) is 14.1. The van der Waals surface area contributed by atoms with Gasteiger partial charge in [-0.15, -0.1) is 0 Å². The van der Waals surface area contributed by atoms with E-state index in [4.69, 9.17) is 4.74 Å². The maximum absolute atomic E-state index is 12.7. The molecule has 0 saturated heterocycles. The molecule has 2 aromatic carbocycles. The Morgan fingerprint density at radius 2 is 2.04 bits per heavy atom. The second-order valence-corrected chi connectivity index (χ2v) is 6.47. The van der Waals surface area contributed by atoms with Crippen LogP contribution in [-0.4, -0.2) is 25.0 Å². The highest BCUT2D eigenvalue weighted by atomic mass is 16.5. The number of nitrogens with one attached hydrogen (secondary N) is 1. The molecule has 0 bridgehead atoms. The molecule has 2 heterocycles. The molecule has 5 nitrogen and oxygen atoms in total. The third kappa shape index (κ3) is 2.86. The maximum atomic E-state index is 12.7. The van der Waals surface area contributed by atoms with Crippen molar-refractivity contribution in [1.82, 2.24) is 5.32 Å². The van der Waals surface area contributed by atoms with E-state index >= 15 is 0 Å². The summed E-state index contributed by atoms with van der Waals surface area (Å²) in [5, 5.41) is 3.12. The predicted octanol–water partition coefficient (Wildman–Crippen LogP) is 2.85. The molecule has 1 N–H and O–H groups in total. The molecule has 0 spiro atoms. The molecule has 1 atom stereocenters. The number of carbonyl (C=O) groups is 2. The summed E-state index contributed by atoms with van der Waals surface area (Å²) in [5.41, 5.74) is 3.62. The van der Waals surface area contributed by atoms with Crippen LogP contribution in [0, 0.1) is 0 Å². The number of amides is 2. The van der Waals surface area contributed by atoms with Gasteiger partial charge in [0.05, 0.1) is 12.6 Å². The Balaban J connectivity index is 1.54. The molecule has 0 aliphatic carbocycles. The summed E-state index contributed by atoms with van der Waals surface area (Å²) in [6.07, 6.45) is 1.54. The highest BCUT2D eigenvalue weighted by Crippen LogP contribution is 2.32. The highest BCUT2D eigenvalue weighted by Gasteiger charge is 2.25. The van der Waals surface area contributed by atoms with Crippen LogP contribution in [0.1, 0.15) is 40.9 Å². The number of fused-ring (bicyclic) bond motifs is 2. The van der Waals surface area contributed by atoms with Crippen molar-refractivity contribution in [2.24, 2.45) is 0 Å². The average molecular weight is 336 g/mol. The molecule has 2 aliphatic rings. The largest absolute Gasteiger partial charge is 0.493 e. The lowest BCUT2D eigenvalue weighted by Crippen LogP contribution is -2.32. The lowest BCUT2D eigenvalue weighted by molar-refractivity contribution is -0.116. The minimum atomic E-state index is -0.0919. The van der Waals surface area contributed by atoms with E-state index in [0.717, 1.165) is 35.4 Å². The van der Waals surface area contributed by atoms with Gasteiger partial charge in [0, 0.05) is 36.7 Å². The second-order valence-electron chi connectivity index (χ2n) is 6.47. The Kier molecular flexibility index (Phi) is 3.92. The van der Waals surface area contributed by atoms with Gasteiger partial charge in [0.2, 0.25) is 5.91 Å². The van der Waals surface area contributed by atoms with Crippen molar-refractivity contribution < 1.29 is 14.3 Å². The molecule has 25 heavy (non-hydrogen) atoms. The first-order valence-corrected chi connectivity index (χ1v) is 8.57. The lowest BCUT2D eigenvalue weighted by Gasteiger charge is -2.26. The number of nitrogens with zero attached hydrogens (tertiary/aromatic N) is 1. The number of benzene rings is 2. The van der Waals surface area contributed by atoms with Crippen LogP contribution in [0.3, 0.4) is 0 Å². The minimum absolute atomic E-state index is 0.0368. The van der Waals surface area contributed by atoms with Gasteiger partial charge in [0.1, 0.15) is 5.75 Å². The van der Waals surface area contributed by atoms with Crippen LogP contribution >= 0.6 is 0 Å². The molecular formula is C20H20N2O3. The predicted molar refractivity (Wildman–Crippen MR) is 94.9 cm³/mol. The number of para-hydroxylation sites is 1. The summed E-state index contributed by atoms with van der Waals surface area (Å²) in [6.45, 7) is 2.85. The zero-order valence-corrected chi connectivity index (χ0v) is 14.1. The van der Waals surface area contributed by atoms with Gasteiger partial charge in [-0.05, 0) is 36.2 Å². The van der Waals surface area contributed by atoms with Crippen molar-refractivity contribution in [3.8, 4) is 5.75 Å². The Bertz CT molecular complexity index is 847. The fraction of sp³-hybridized carbons (Fsp3) is 0.300. The van der Waals surface area contributed by atoms with Crippen molar-refractivity contribution in [1.29, 1.82) is 0 Å². The van der Waals surface area contributed by atoms with E-state index in [9.17, 15) is 9.59 Å². The zero-order chi connectivity index (χ0) is 17.4. The van der Waals surface area contributed by atoms with Crippen LogP contribution in [0.5, 0.6) is 5.75 Å². The number of carbonyl (C=O) groups excluding carboxylic acids is 2. The maximum Gasteiger partial charge on any atom is 0.251 e. The van der Waals surface area contributed by atoms with Gasteiger partial charge in [0.15, 0.2) is 0 Å². The topological polar surface area (TPSA) is 58.6 Å². The second kappa shape index (κ2) is 6.24.